The van der Waals surface area contributed by atoms with E-state index < -0.39 is 0 Å². The number of fused-ring (bicyclic) bond motifs is 1. The van der Waals surface area contributed by atoms with E-state index in [9.17, 15) is 0 Å². The number of ether oxygens (including phenoxy) is 1. The first-order valence-electron chi connectivity index (χ1n) is 6.40. The molecule has 3 aromatic rings. The highest BCUT2D eigenvalue weighted by atomic mass is 127. The fourth-order valence-electron chi connectivity index (χ4n) is 2.12. The van der Waals surface area contributed by atoms with Crippen LogP contribution in [0.2, 0.25) is 0 Å². The second kappa shape index (κ2) is 5.94. The summed E-state index contributed by atoms with van der Waals surface area (Å²) in [6, 6.07) is 7.89. The summed E-state index contributed by atoms with van der Waals surface area (Å²) in [6.45, 7) is 0.415. The molecular formula is C14H14IN5O. The third-order valence-corrected chi connectivity index (χ3v) is 4.21. The van der Waals surface area contributed by atoms with Crippen LogP contribution in [0.1, 0.15) is 17.3 Å². The first-order chi connectivity index (χ1) is 10.2. The van der Waals surface area contributed by atoms with Crippen molar-refractivity contribution in [1.82, 2.24) is 19.9 Å². The molecule has 0 amide bonds. The first kappa shape index (κ1) is 14.2. The number of anilines is 1. The molecule has 0 fully saturated rings. The smallest absolute Gasteiger partial charge is 0.141 e. The van der Waals surface area contributed by atoms with Crippen molar-refractivity contribution < 1.29 is 4.74 Å². The van der Waals surface area contributed by atoms with Gasteiger partial charge in [0.1, 0.15) is 17.5 Å². The van der Waals surface area contributed by atoms with Gasteiger partial charge in [-0.25, -0.2) is 15.0 Å². The van der Waals surface area contributed by atoms with Crippen LogP contribution in [0.3, 0.4) is 0 Å². The van der Waals surface area contributed by atoms with Crippen molar-refractivity contribution in [3.63, 3.8) is 0 Å². The zero-order valence-electron chi connectivity index (χ0n) is 11.4. The molecule has 0 spiro atoms. The maximum atomic E-state index is 5.94. The summed E-state index contributed by atoms with van der Waals surface area (Å²) >= 11 is 2.13. The number of methoxy groups -OCH3 is 1. The largest absolute Gasteiger partial charge is 0.383 e. The summed E-state index contributed by atoms with van der Waals surface area (Å²) in [6.07, 6.45) is 0.506. The minimum absolute atomic E-state index is 0.415. The second-order valence-corrected chi connectivity index (χ2v) is 5.67. The van der Waals surface area contributed by atoms with Crippen LogP contribution in [0.4, 0.5) is 5.82 Å². The lowest BCUT2D eigenvalue weighted by Crippen LogP contribution is -2.09. The molecule has 0 atom stereocenters. The quantitative estimate of drug-likeness (QED) is 0.662. The van der Waals surface area contributed by atoms with E-state index in [1.807, 2.05) is 24.3 Å². The summed E-state index contributed by atoms with van der Waals surface area (Å²) in [7, 11) is 1.63. The maximum absolute atomic E-state index is 5.94. The van der Waals surface area contributed by atoms with Gasteiger partial charge in [0.25, 0.3) is 0 Å². The fourth-order valence-corrected chi connectivity index (χ4v) is 2.51. The lowest BCUT2D eigenvalue weighted by atomic mass is 10.3. The Balaban J connectivity index is 1.93. The number of hydrogen-bond acceptors (Lipinski definition) is 5. The molecule has 21 heavy (non-hydrogen) atoms. The zero-order chi connectivity index (χ0) is 14.8. The molecule has 0 bridgehead atoms. The number of imidazole rings is 1. The molecule has 108 valence electrons. The number of nitrogens with two attached hydrogens (primary N) is 1. The molecular weight excluding hydrogens is 381 g/mol. The van der Waals surface area contributed by atoms with Gasteiger partial charge >= 0.3 is 0 Å². The average molecular weight is 395 g/mol. The molecule has 0 unspecified atom stereocenters. The predicted molar refractivity (Wildman–Crippen MR) is 88.8 cm³/mol. The van der Waals surface area contributed by atoms with Crippen molar-refractivity contribution in [3.05, 3.63) is 45.2 Å². The summed E-state index contributed by atoms with van der Waals surface area (Å²) in [5, 5.41) is 0. The number of nitrogens with one attached hydrogen (secondary N) is 1. The lowest BCUT2D eigenvalue weighted by Gasteiger charge is -2.07. The molecule has 0 aliphatic rings. The van der Waals surface area contributed by atoms with Crippen molar-refractivity contribution in [1.29, 1.82) is 0 Å². The molecule has 7 heteroatoms. The van der Waals surface area contributed by atoms with Crippen LogP contribution in [0.25, 0.3) is 11.0 Å². The van der Waals surface area contributed by atoms with E-state index in [1.54, 1.807) is 7.11 Å². The molecule has 0 radical (unpaired) electrons. The fraction of sp³-hybridized carbons (Fsp3) is 0.214. The Hall–Kier alpha value is -1.74. The molecule has 1 aromatic carbocycles. The number of benzene rings is 1. The van der Waals surface area contributed by atoms with Gasteiger partial charge in [-0.1, -0.05) is 12.1 Å². The Morgan fingerprint density at radius 3 is 2.81 bits per heavy atom. The topological polar surface area (TPSA) is 89.7 Å². The predicted octanol–water partition coefficient (Wildman–Crippen LogP) is 2.28. The van der Waals surface area contributed by atoms with Crippen LogP contribution < -0.4 is 5.73 Å². The Morgan fingerprint density at radius 2 is 2.05 bits per heavy atom. The van der Waals surface area contributed by atoms with Gasteiger partial charge in [0.15, 0.2) is 0 Å². The van der Waals surface area contributed by atoms with Gasteiger partial charge in [0.2, 0.25) is 0 Å². The van der Waals surface area contributed by atoms with Crippen LogP contribution in [-0.4, -0.2) is 27.0 Å². The van der Waals surface area contributed by atoms with Crippen LogP contribution in [0.15, 0.2) is 24.3 Å². The third-order valence-electron chi connectivity index (χ3n) is 3.04. The number of H-pyrrole nitrogens is 1. The van der Waals surface area contributed by atoms with E-state index in [4.69, 9.17) is 10.5 Å². The molecule has 0 saturated heterocycles. The number of nitrogen functional groups attached to an aromatic ring is 1. The van der Waals surface area contributed by atoms with E-state index >= 15 is 0 Å². The van der Waals surface area contributed by atoms with Gasteiger partial charge < -0.3 is 15.5 Å². The molecule has 3 rings (SSSR count). The maximum Gasteiger partial charge on any atom is 0.141 e. The highest BCUT2D eigenvalue weighted by molar-refractivity contribution is 14.1. The lowest BCUT2D eigenvalue weighted by molar-refractivity contribution is 0.180. The number of rotatable bonds is 4. The Bertz CT molecular complexity index is 753. The summed E-state index contributed by atoms with van der Waals surface area (Å²) < 4.78 is 5.98. The zero-order valence-corrected chi connectivity index (χ0v) is 13.6. The van der Waals surface area contributed by atoms with Gasteiger partial charge in [-0.15, -0.1) is 0 Å². The number of para-hydroxylation sites is 2. The summed E-state index contributed by atoms with van der Waals surface area (Å²) in [5.74, 6) is 1.93. The van der Waals surface area contributed by atoms with Crippen molar-refractivity contribution in [2.24, 2.45) is 0 Å². The second-order valence-electron chi connectivity index (χ2n) is 4.60. The van der Waals surface area contributed by atoms with Crippen LogP contribution in [-0.2, 0) is 17.8 Å². The van der Waals surface area contributed by atoms with Gasteiger partial charge in [-0.3, -0.25) is 0 Å². The van der Waals surface area contributed by atoms with E-state index in [0.717, 1.165) is 26.1 Å². The molecule has 6 nitrogen and oxygen atoms in total. The Kier molecular flexibility index (Phi) is 4.02. The third kappa shape index (κ3) is 2.98. The number of halogens is 1. The Morgan fingerprint density at radius 1 is 1.24 bits per heavy atom. The van der Waals surface area contributed by atoms with Crippen molar-refractivity contribution >= 4 is 39.4 Å². The highest BCUT2D eigenvalue weighted by Gasteiger charge is 2.12. The molecule has 2 aromatic heterocycles. The Labute approximate surface area is 135 Å². The number of aromatic nitrogens is 4. The summed E-state index contributed by atoms with van der Waals surface area (Å²) in [5.41, 5.74) is 8.67. The minimum atomic E-state index is 0.415. The monoisotopic (exact) mass is 395 g/mol. The van der Waals surface area contributed by atoms with Crippen LogP contribution in [0, 0.1) is 3.57 Å². The van der Waals surface area contributed by atoms with E-state index in [-0.39, 0.29) is 0 Å². The highest BCUT2D eigenvalue weighted by Crippen LogP contribution is 2.19. The molecule has 0 aliphatic heterocycles. The van der Waals surface area contributed by atoms with Crippen LogP contribution >= 0.6 is 22.6 Å². The van der Waals surface area contributed by atoms with Gasteiger partial charge in [-0.05, 0) is 34.7 Å². The van der Waals surface area contributed by atoms with Gasteiger partial charge in [0.05, 0.1) is 33.3 Å². The normalized spacial score (nSPS) is 11.1. The standard InChI is InChI=1S/C14H14IN5O/c1-21-7-10-13(15)14(16)20-12(19-10)6-11-17-8-4-2-3-5-9(8)18-11/h2-5H,6-7H2,1H3,(H,17,18)(H2,16,19,20). The number of aromatic amines is 1. The van der Waals surface area contributed by atoms with Gasteiger partial charge in [0, 0.05) is 7.11 Å². The first-order valence-corrected chi connectivity index (χ1v) is 7.48. The number of hydrogen-bond donors (Lipinski definition) is 2. The van der Waals surface area contributed by atoms with Gasteiger partial charge in [-0.2, -0.15) is 0 Å². The van der Waals surface area contributed by atoms with Crippen LogP contribution in [0.5, 0.6) is 0 Å². The van der Waals surface area contributed by atoms with Crippen molar-refractivity contribution in [2.45, 2.75) is 13.0 Å². The van der Waals surface area contributed by atoms with E-state index in [1.165, 1.54) is 0 Å². The van der Waals surface area contributed by atoms with Crippen molar-refractivity contribution in [2.75, 3.05) is 12.8 Å². The molecule has 0 saturated carbocycles. The molecule has 3 N–H and O–H groups in total. The number of nitrogens with zero attached hydrogens (tertiary/aromatic N) is 3. The molecule has 2 heterocycles. The van der Waals surface area contributed by atoms with Crippen molar-refractivity contribution in [3.8, 4) is 0 Å². The SMILES string of the molecule is COCc1nc(Cc2nc3ccccc3[nH]2)nc(N)c1I. The average Bonchev–Trinajstić information content (AvgIpc) is 2.86. The minimum Gasteiger partial charge on any atom is -0.383 e. The summed E-state index contributed by atoms with van der Waals surface area (Å²) in [4.78, 5) is 16.6. The van der Waals surface area contributed by atoms with E-state index in [0.29, 0.717) is 24.7 Å². The molecule has 0 aliphatic carbocycles. The van der Waals surface area contributed by atoms with E-state index in [2.05, 4.69) is 42.5 Å².